The monoisotopic (exact) mass is 441 g/mol. The number of fused-ring (bicyclic) bond motifs is 2. The lowest BCUT2D eigenvalue weighted by molar-refractivity contribution is 0.146. The Morgan fingerprint density at radius 2 is 2.06 bits per heavy atom. The summed E-state index contributed by atoms with van der Waals surface area (Å²) in [4.78, 5) is 8.54. The number of nitrogens with two attached hydrogens (primary N) is 1. The van der Waals surface area contributed by atoms with E-state index in [-0.39, 0.29) is 6.04 Å². The summed E-state index contributed by atoms with van der Waals surface area (Å²) >= 11 is 0. The van der Waals surface area contributed by atoms with Crippen LogP contribution in [0.3, 0.4) is 0 Å². The van der Waals surface area contributed by atoms with E-state index in [0.717, 1.165) is 47.0 Å². The molecule has 3 aromatic rings. The van der Waals surface area contributed by atoms with E-state index in [4.69, 9.17) is 5.73 Å². The van der Waals surface area contributed by atoms with Gasteiger partial charge in [-0.1, -0.05) is 11.6 Å². The van der Waals surface area contributed by atoms with E-state index < -0.39 is 17.8 Å². The van der Waals surface area contributed by atoms with E-state index in [0.29, 0.717) is 37.3 Å². The number of hydrogen-bond donors (Lipinski definition) is 2. The van der Waals surface area contributed by atoms with Crippen LogP contribution in [0.1, 0.15) is 59.5 Å². The molecule has 1 unspecified atom stereocenters. The lowest BCUT2D eigenvalue weighted by Crippen LogP contribution is -2.26. The summed E-state index contributed by atoms with van der Waals surface area (Å²) in [5.41, 5.74) is 10.9. The molecule has 0 fully saturated rings. The van der Waals surface area contributed by atoms with Crippen LogP contribution in [-0.4, -0.2) is 21.1 Å². The van der Waals surface area contributed by atoms with Gasteiger partial charge in [0.05, 0.1) is 17.0 Å². The average Bonchev–Trinajstić information content (AvgIpc) is 3.38. The molecule has 5 rings (SSSR count). The highest BCUT2D eigenvalue weighted by Gasteiger charge is 2.25. The Balaban J connectivity index is 1.40. The number of benzene rings is 1. The maximum Gasteiger partial charge on any atom is 0.266 e. The Morgan fingerprint density at radius 3 is 2.88 bits per heavy atom. The van der Waals surface area contributed by atoms with Gasteiger partial charge in [0.25, 0.3) is 6.43 Å². The van der Waals surface area contributed by atoms with Gasteiger partial charge in [-0.3, -0.25) is 0 Å². The fourth-order valence-electron chi connectivity index (χ4n) is 5.17. The topological polar surface area (TPSA) is 68.8 Å². The lowest BCUT2D eigenvalue weighted by atomic mass is 9.89. The molecule has 5 nitrogen and oxygen atoms in total. The smallest absolute Gasteiger partial charge is 0.266 e. The summed E-state index contributed by atoms with van der Waals surface area (Å²) in [6, 6.07) is 1.55. The number of alkyl halides is 2. The van der Waals surface area contributed by atoms with Gasteiger partial charge >= 0.3 is 0 Å². The maximum atomic E-state index is 14.6. The van der Waals surface area contributed by atoms with Crippen LogP contribution in [0.2, 0.25) is 0 Å². The number of anilines is 1. The highest BCUT2D eigenvalue weighted by atomic mass is 19.3. The molecule has 0 amide bonds. The molecule has 0 saturated carbocycles. The Morgan fingerprint density at radius 1 is 1.22 bits per heavy atom. The number of nitrogens with zero attached hydrogens (tertiary/aromatic N) is 3. The standard InChI is InChI=1S/C24H26F3N5/c1-13-11-32(24-20(13)23(28)30-12-31-24)16-5-3-14(8-16)2-4-15-9-18(22(26)27)21(25)17-6-7-29-10-19(15)17/h8-9,11-12,16,22,29H,2-7,10H2,1H3,(H2,28,30,31). The third-order valence-electron chi connectivity index (χ3n) is 6.78. The van der Waals surface area contributed by atoms with Gasteiger partial charge in [0.1, 0.15) is 23.6 Å². The van der Waals surface area contributed by atoms with Gasteiger partial charge in [-0.05, 0) is 73.9 Å². The first-order valence-electron chi connectivity index (χ1n) is 11.0. The highest BCUT2D eigenvalue weighted by Crippen LogP contribution is 2.36. The second kappa shape index (κ2) is 8.24. The van der Waals surface area contributed by atoms with E-state index in [9.17, 15) is 13.2 Å². The van der Waals surface area contributed by atoms with Crippen LogP contribution in [0.4, 0.5) is 19.0 Å². The molecule has 3 heterocycles. The summed E-state index contributed by atoms with van der Waals surface area (Å²) in [5, 5.41) is 4.13. The van der Waals surface area contributed by atoms with Gasteiger partial charge < -0.3 is 15.6 Å². The Hall–Kier alpha value is -2.87. The second-order valence-corrected chi connectivity index (χ2v) is 8.73. The van der Waals surface area contributed by atoms with Crippen LogP contribution in [0.5, 0.6) is 0 Å². The van der Waals surface area contributed by atoms with Crippen molar-refractivity contribution in [2.75, 3.05) is 12.3 Å². The van der Waals surface area contributed by atoms with Gasteiger partial charge in [0.2, 0.25) is 0 Å². The van der Waals surface area contributed by atoms with Crippen molar-refractivity contribution in [3.05, 3.63) is 63.9 Å². The summed E-state index contributed by atoms with van der Waals surface area (Å²) in [6.07, 6.45) is 6.74. The van der Waals surface area contributed by atoms with E-state index in [1.807, 2.05) is 6.92 Å². The fraction of sp³-hybridized carbons (Fsp3) is 0.417. The van der Waals surface area contributed by atoms with Crippen LogP contribution < -0.4 is 11.1 Å². The van der Waals surface area contributed by atoms with Crippen molar-refractivity contribution < 1.29 is 13.2 Å². The fourth-order valence-corrected chi connectivity index (χ4v) is 5.17. The largest absolute Gasteiger partial charge is 0.383 e. The second-order valence-electron chi connectivity index (χ2n) is 8.73. The van der Waals surface area contributed by atoms with Gasteiger partial charge in [-0.2, -0.15) is 0 Å². The van der Waals surface area contributed by atoms with Gasteiger partial charge in [0, 0.05) is 12.7 Å². The minimum Gasteiger partial charge on any atom is -0.383 e. The minimum absolute atomic E-state index is 0.177. The lowest BCUT2D eigenvalue weighted by Gasteiger charge is -2.23. The SMILES string of the molecule is Cc1cn(C2C=C(CCc3cc(C(F)F)c(F)c4c3CNCC4)CC2)c2ncnc(N)c12. The number of allylic oxidation sites excluding steroid dienone is 2. The zero-order chi connectivity index (χ0) is 22.4. The number of halogens is 3. The number of hydrogen-bond acceptors (Lipinski definition) is 4. The Bertz CT molecular complexity index is 1210. The van der Waals surface area contributed by atoms with E-state index >= 15 is 0 Å². The average molecular weight is 442 g/mol. The van der Waals surface area contributed by atoms with Crippen molar-refractivity contribution in [1.29, 1.82) is 0 Å². The van der Waals surface area contributed by atoms with Gasteiger partial charge in [-0.25, -0.2) is 23.1 Å². The summed E-state index contributed by atoms with van der Waals surface area (Å²) in [7, 11) is 0. The quantitative estimate of drug-likeness (QED) is 0.551. The normalized spacial score (nSPS) is 18.4. The number of aromatic nitrogens is 3. The Kier molecular flexibility index (Phi) is 5.41. The first-order chi connectivity index (χ1) is 15.4. The van der Waals surface area contributed by atoms with Crippen LogP contribution in [0.15, 0.2) is 30.2 Å². The summed E-state index contributed by atoms with van der Waals surface area (Å²) in [5.74, 6) is -0.241. The number of nitrogens with one attached hydrogen (secondary N) is 1. The molecule has 0 bridgehead atoms. The zero-order valence-corrected chi connectivity index (χ0v) is 18.0. The van der Waals surface area contributed by atoms with Crippen molar-refractivity contribution >= 4 is 16.9 Å². The molecule has 168 valence electrons. The molecular formula is C24H26F3N5. The zero-order valence-electron chi connectivity index (χ0n) is 18.0. The van der Waals surface area contributed by atoms with Gasteiger partial charge in [0.15, 0.2) is 0 Å². The van der Waals surface area contributed by atoms with Crippen molar-refractivity contribution in [3.8, 4) is 0 Å². The first-order valence-corrected chi connectivity index (χ1v) is 11.0. The molecule has 1 atom stereocenters. The first kappa shape index (κ1) is 21.0. The maximum absolute atomic E-state index is 14.6. The molecule has 0 saturated heterocycles. The highest BCUT2D eigenvalue weighted by molar-refractivity contribution is 5.89. The number of aryl methyl sites for hydroxylation is 2. The molecule has 2 aromatic heterocycles. The van der Waals surface area contributed by atoms with Gasteiger partial charge in [-0.15, -0.1) is 0 Å². The van der Waals surface area contributed by atoms with E-state index in [2.05, 4.69) is 32.1 Å². The number of rotatable bonds is 5. The molecule has 0 radical (unpaired) electrons. The van der Waals surface area contributed by atoms with Crippen molar-refractivity contribution in [3.63, 3.8) is 0 Å². The van der Waals surface area contributed by atoms with Crippen LogP contribution in [-0.2, 0) is 19.4 Å². The molecular weight excluding hydrogens is 415 g/mol. The summed E-state index contributed by atoms with van der Waals surface area (Å²) in [6.45, 7) is 3.15. The molecule has 3 N–H and O–H groups in total. The molecule has 1 aromatic carbocycles. The molecule has 8 heteroatoms. The number of nitrogen functional groups attached to an aromatic ring is 1. The third-order valence-corrected chi connectivity index (χ3v) is 6.78. The predicted octanol–water partition coefficient (Wildman–Crippen LogP) is 4.94. The van der Waals surface area contributed by atoms with Crippen LogP contribution >= 0.6 is 0 Å². The van der Waals surface area contributed by atoms with E-state index in [1.165, 1.54) is 18.0 Å². The molecule has 1 aliphatic carbocycles. The van der Waals surface area contributed by atoms with Crippen molar-refractivity contribution in [1.82, 2.24) is 19.9 Å². The molecule has 1 aliphatic heterocycles. The predicted molar refractivity (Wildman–Crippen MR) is 118 cm³/mol. The van der Waals surface area contributed by atoms with Crippen molar-refractivity contribution in [2.24, 2.45) is 0 Å². The molecule has 0 spiro atoms. The Labute approximate surface area is 184 Å². The van der Waals surface area contributed by atoms with Crippen LogP contribution in [0.25, 0.3) is 11.0 Å². The van der Waals surface area contributed by atoms with E-state index in [1.54, 1.807) is 0 Å². The third kappa shape index (κ3) is 3.56. The summed E-state index contributed by atoms with van der Waals surface area (Å²) < 4.78 is 43.6. The van der Waals surface area contributed by atoms with Crippen LogP contribution in [0, 0.1) is 12.7 Å². The molecule has 32 heavy (non-hydrogen) atoms. The van der Waals surface area contributed by atoms with Crippen molar-refractivity contribution in [2.45, 2.75) is 58.0 Å². The minimum atomic E-state index is -2.80. The molecule has 2 aliphatic rings.